The van der Waals surface area contributed by atoms with Crippen LogP contribution in [0.5, 0.6) is 0 Å². The highest BCUT2D eigenvalue weighted by molar-refractivity contribution is 6.51. The van der Waals surface area contributed by atoms with Crippen molar-refractivity contribution in [2.24, 2.45) is 5.41 Å². The second-order valence-electron chi connectivity index (χ2n) is 7.07. The molecule has 2 nitrogen and oxygen atoms in total. The fourth-order valence-corrected chi connectivity index (χ4v) is 2.38. The normalized spacial score (nSPS) is 40.6. The molecule has 0 amide bonds. The lowest BCUT2D eigenvalue weighted by Crippen LogP contribution is -2.41. The van der Waals surface area contributed by atoms with Crippen LogP contribution < -0.4 is 0 Å². The molecule has 2 aliphatic rings. The van der Waals surface area contributed by atoms with Crippen LogP contribution in [0.4, 0.5) is 0 Å². The van der Waals surface area contributed by atoms with E-state index in [0.29, 0.717) is 5.41 Å². The van der Waals surface area contributed by atoms with E-state index >= 15 is 0 Å². The molecule has 1 saturated heterocycles. The lowest BCUT2D eigenvalue weighted by Gasteiger charge is -2.32. The summed E-state index contributed by atoms with van der Waals surface area (Å²) >= 11 is 0. The Morgan fingerprint density at radius 2 is 1.13 bits per heavy atom. The van der Waals surface area contributed by atoms with Gasteiger partial charge in [0.15, 0.2) is 0 Å². The first-order valence-electron chi connectivity index (χ1n) is 5.88. The first kappa shape index (κ1) is 11.5. The molecule has 0 aromatic carbocycles. The van der Waals surface area contributed by atoms with E-state index in [0.717, 1.165) is 0 Å². The molecule has 86 valence electrons. The summed E-state index contributed by atoms with van der Waals surface area (Å²) in [6.07, 6.45) is 1.19. The van der Waals surface area contributed by atoms with E-state index in [1.807, 2.05) is 0 Å². The second kappa shape index (κ2) is 2.62. The van der Waals surface area contributed by atoms with Gasteiger partial charge in [0.1, 0.15) is 0 Å². The van der Waals surface area contributed by atoms with Crippen LogP contribution in [0.3, 0.4) is 0 Å². The fourth-order valence-electron chi connectivity index (χ4n) is 2.38. The number of rotatable bonds is 1. The molecule has 3 heteroatoms. The van der Waals surface area contributed by atoms with Crippen LogP contribution in [0.2, 0.25) is 5.31 Å². The van der Waals surface area contributed by atoms with Crippen molar-refractivity contribution in [3.63, 3.8) is 0 Å². The minimum absolute atomic E-state index is 0.0440. The summed E-state index contributed by atoms with van der Waals surface area (Å²) in [5.74, 6) is 0. The van der Waals surface area contributed by atoms with Crippen molar-refractivity contribution in [1.29, 1.82) is 0 Å². The van der Waals surface area contributed by atoms with Crippen molar-refractivity contribution in [3.8, 4) is 0 Å². The molecule has 1 atom stereocenters. The highest BCUT2D eigenvalue weighted by Gasteiger charge is 2.70. The first-order chi connectivity index (χ1) is 6.52. The van der Waals surface area contributed by atoms with Crippen LogP contribution in [-0.4, -0.2) is 18.3 Å². The second-order valence-corrected chi connectivity index (χ2v) is 7.07. The highest BCUT2D eigenvalue weighted by Crippen LogP contribution is 2.72. The van der Waals surface area contributed by atoms with Gasteiger partial charge >= 0.3 is 7.12 Å². The van der Waals surface area contributed by atoms with Gasteiger partial charge in [0.2, 0.25) is 0 Å². The van der Waals surface area contributed by atoms with Gasteiger partial charge in [-0.3, -0.25) is 0 Å². The predicted molar refractivity (Wildman–Crippen MR) is 62.8 cm³/mol. The van der Waals surface area contributed by atoms with Gasteiger partial charge in [0.25, 0.3) is 0 Å². The molecule has 0 bridgehead atoms. The average molecular weight is 210 g/mol. The average Bonchev–Trinajstić information content (AvgIpc) is 2.39. The Morgan fingerprint density at radius 1 is 0.800 bits per heavy atom. The van der Waals surface area contributed by atoms with Gasteiger partial charge in [-0.1, -0.05) is 20.8 Å². The van der Waals surface area contributed by atoms with Crippen LogP contribution in [-0.2, 0) is 9.31 Å². The third-order valence-corrected chi connectivity index (χ3v) is 5.00. The summed E-state index contributed by atoms with van der Waals surface area (Å²) in [6.45, 7) is 15.3. The Hall–Kier alpha value is -0.0151. The molecule has 0 unspecified atom stereocenters. The quantitative estimate of drug-likeness (QED) is 0.618. The van der Waals surface area contributed by atoms with E-state index in [4.69, 9.17) is 9.31 Å². The molecule has 15 heavy (non-hydrogen) atoms. The Bertz CT molecular complexity index is 280. The zero-order valence-corrected chi connectivity index (χ0v) is 11.1. The van der Waals surface area contributed by atoms with Gasteiger partial charge in [-0.05, 0) is 39.5 Å². The molecule has 0 aromatic rings. The number of hydrogen-bond donors (Lipinski definition) is 0. The molecule has 0 spiro atoms. The monoisotopic (exact) mass is 210 g/mol. The molecule has 1 saturated carbocycles. The first-order valence-corrected chi connectivity index (χ1v) is 5.88. The van der Waals surface area contributed by atoms with E-state index < -0.39 is 0 Å². The molecular formula is C12H23BO2. The zero-order chi connectivity index (χ0) is 11.7. The molecule has 0 N–H and O–H groups in total. The van der Waals surface area contributed by atoms with E-state index in [9.17, 15) is 0 Å². The minimum Gasteiger partial charge on any atom is -0.403 e. The summed E-state index contributed by atoms with van der Waals surface area (Å²) in [5, 5.41) is 0.192. The van der Waals surface area contributed by atoms with Crippen LogP contribution in [0, 0.1) is 5.41 Å². The molecule has 2 rings (SSSR count). The summed E-state index contributed by atoms with van der Waals surface area (Å²) in [4.78, 5) is 0. The van der Waals surface area contributed by atoms with Crippen molar-refractivity contribution < 1.29 is 9.31 Å². The maximum atomic E-state index is 6.10. The largest absolute Gasteiger partial charge is 0.464 e. The van der Waals surface area contributed by atoms with Crippen LogP contribution in [0.1, 0.15) is 54.9 Å². The van der Waals surface area contributed by atoms with Crippen molar-refractivity contribution in [2.45, 2.75) is 71.4 Å². The summed E-state index contributed by atoms with van der Waals surface area (Å²) in [7, 11) is -0.0440. The van der Waals surface area contributed by atoms with Gasteiger partial charge in [-0.2, -0.15) is 0 Å². The predicted octanol–water partition coefficient (Wildman–Crippen LogP) is 3.27. The smallest absolute Gasteiger partial charge is 0.403 e. The topological polar surface area (TPSA) is 18.5 Å². The zero-order valence-electron chi connectivity index (χ0n) is 11.1. The third kappa shape index (κ3) is 1.39. The number of hydrogen-bond acceptors (Lipinski definition) is 2. The third-order valence-electron chi connectivity index (χ3n) is 5.00. The van der Waals surface area contributed by atoms with E-state index in [2.05, 4.69) is 48.5 Å². The van der Waals surface area contributed by atoms with Crippen molar-refractivity contribution in [2.75, 3.05) is 0 Å². The molecule has 1 aliphatic carbocycles. The summed E-state index contributed by atoms with van der Waals surface area (Å²) < 4.78 is 12.2. The van der Waals surface area contributed by atoms with Crippen LogP contribution >= 0.6 is 0 Å². The molecule has 1 aliphatic heterocycles. The molecule has 0 aromatic heterocycles. The summed E-state index contributed by atoms with van der Waals surface area (Å²) in [6, 6.07) is 0. The van der Waals surface area contributed by atoms with E-state index in [1.54, 1.807) is 0 Å². The van der Waals surface area contributed by atoms with Crippen LogP contribution in [0.25, 0.3) is 0 Å². The lowest BCUT2D eigenvalue weighted by atomic mass is 9.65. The van der Waals surface area contributed by atoms with Gasteiger partial charge in [-0.15, -0.1) is 0 Å². The Labute approximate surface area is 93.9 Å². The Morgan fingerprint density at radius 3 is 1.40 bits per heavy atom. The lowest BCUT2D eigenvalue weighted by molar-refractivity contribution is 0.00578. The Kier molecular flexibility index (Phi) is 2.01. The van der Waals surface area contributed by atoms with E-state index in [-0.39, 0.29) is 23.6 Å². The van der Waals surface area contributed by atoms with Crippen LogP contribution in [0.15, 0.2) is 0 Å². The molecular weight excluding hydrogens is 187 g/mol. The van der Waals surface area contributed by atoms with E-state index in [1.165, 1.54) is 6.42 Å². The standard InChI is InChI=1S/C12H23BO2/c1-9(2)8-12(9,7)13-14-10(3,4)11(5,6)15-13/h8H2,1-7H3/t12-/m1/s1. The SMILES string of the molecule is CC1(C)OB([C@]2(C)CC2(C)C)OC1(C)C. The molecule has 1 heterocycles. The van der Waals surface area contributed by atoms with Crippen molar-refractivity contribution in [1.82, 2.24) is 0 Å². The fraction of sp³-hybridized carbons (Fsp3) is 1.00. The van der Waals surface area contributed by atoms with Crippen molar-refractivity contribution in [3.05, 3.63) is 0 Å². The van der Waals surface area contributed by atoms with Gasteiger partial charge < -0.3 is 9.31 Å². The molecule has 0 radical (unpaired) electrons. The molecule has 2 fully saturated rings. The van der Waals surface area contributed by atoms with Crippen molar-refractivity contribution >= 4 is 7.12 Å². The minimum atomic E-state index is -0.195. The maximum absolute atomic E-state index is 6.10. The highest BCUT2D eigenvalue weighted by atomic mass is 16.7. The van der Waals surface area contributed by atoms with Gasteiger partial charge in [-0.25, -0.2) is 0 Å². The van der Waals surface area contributed by atoms with Gasteiger partial charge in [0.05, 0.1) is 11.2 Å². The Balaban J connectivity index is 2.18. The van der Waals surface area contributed by atoms with Gasteiger partial charge in [0, 0.05) is 5.31 Å². The maximum Gasteiger partial charge on any atom is 0.464 e. The summed E-state index contributed by atoms with van der Waals surface area (Å²) in [5.41, 5.74) is -0.0349.